The summed E-state index contributed by atoms with van der Waals surface area (Å²) < 4.78 is 0. The fourth-order valence-electron chi connectivity index (χ4n) is 3.67. The van der Waals surface area contributed by atoms with Crippen LogP contribution in [0.25, 0.3) is 0 Å². The van der Waals surface area contributed by atoms with Crippen LogP contribution >= 0.6 is 11.8 Å². The van der Waals surface area contributed by atoms with Gasteiger partial charge < -0.3 is 5.11 Å². The van der Waals surface area contributed by atoms with Crippen LogP contribution in [0.2, 0.25) is 0 Å². The van der Waals surface area contributed by atoms with Gasteiger partial charge in [0.1, 0.15) is 0 Å². The molecule has 3 atom stereocenters. The summed E-state index contributed by atoms with van der Waals surface area (Å²) in [4.78, 5) is 13.7. The molecule has 1 saturated carbocycles. The zero-order valence-corrected chi connectivity index (χ0v) is 14.2. The Labute approximate surface area is 133 Å². The largest absolute Gasteiger partial charge is 0.478 e. The number of aliphatic carboxylic acids is 1. The van der Waals surface area contributed by atoms with Gasteiger partial charge in [-0.05, 0) is 56.9 Å². The second kappa shape index (κ2) is 8.23. The van der Waals surface area contributed by atoms with Crippen molar-refractivity contribution in [3.05, 3.63) is 11.6 Å². The first-order valence-electron chi connectivity index (χ1n) is 8.40. The standard InChI is InChI=1S/C17H29NO2S/c1-3-9-21-16-11-14(12-17(19)20)13(2)10-15(16)18-7-5-4-6-8-18/h12-13,15-16H,3-11H2,1-2H3,(H,19,20)/b14-12-. The smallest absolute Gasteiger partial charge is 0.328 e. The highest BCUT2D eigenvalue weighted by Gasteiger charge is 2.35. The zero-order valence-electron chi connectivity index (χ0n) is 13.4. The molecule has 21 heavy (non-hydrogen) atoms. The summed E-state index contributed by atoms with van der Waals surface area (Å²) in [7, 11) is 0. The Bertz CT molecular complexity index is 377. The van der Waals surface area contributed by atoms with Crippen molar-refractivity contribution < 1.29 is 9.90 Å². The number of hydrogen-bond acceptors (Lipinski definition) is 3. The molecule has 0 aromatic rings. The van der Waals surface area contributed by atoms with E-state index in [1.807, 2.05) is 0 Å². The molecule has 2 aliphatic rings. The second-order valence-corrected chi connectivity index (χ2v) is 7.82. The molecule has 0 radical (unpaired) electrons. The summed E-state index contributed by atoms with van der Waals surface area (Å²) in [6, 6.07) is 0.641. The molecule has 1 N–H and O–H groups in total. The van der Waals surface area contributed by atoms with Crippen LogP contribution < -0.4 is 0 Å². The van der Waals surface area contributed by atoms with E-state index in [-0.39, 0.29) is 0 Å². The predicted molar refractivity (Wildman–Crippen MR) is 89.9 cm³/mol. The highest BCUT2D eigenvalue weighted by atomic mass is 32.2. The minimum Gasteiger partial charge on any atom is -0.478 e. The van der Waals surface area contributed by atoms with E-state index in [2.05, 4.69) is 30.5 Å². The third kappa shape index (κ3) is 4.75. The number of carboxylic acids is 1. The van der Waals surface area contributed by atoms with Gasteiger partial charge in [-0.3, -0.25) is 4.90 Å². The van der Waals surface area contributed by atoms with Crippen LogP contribution in [0, 0.1) is 5.92 Å². The highest BCUT2D eigenvalue weighted by molar-refractivity contribution is 7.99. The molecule has 1 saturated heterocycles. The van der Waals surface area contributed by atoms with E-state index in [0.29, 0.717) is 17.2 Å². The predicted octanol–water partition coefficient (Wildman–Crippen LogP) is 3.79. The third-order valence-corrected chi connectivity index (χ3v) is 6.35. The van der Waals surface area contributed by atoms with Crippen molar-refractivity contribution in [2.45, 2.75) is 63.7 Å². The summed E-state index contributed by atoms with van der Waals surface area (Å²) in [6.45, 7) is 6.89. The molecule has 0 amide bonds. The van der Waals surface area contributed by atoms with Gasteiger partial charge in [-0.2, -0.15) is 11.8 Å². The normalized spacial score (nSPS) is 33.2. The molecular formula is C17H29NO2S. The monoisotopic (exact) mass is 311 g/mol. The van der Waals surface area contributed by atoms with Crippen LogP contribution in [0.15, 0.2) is 11.6 Å². The van der Waals surface area contributed by atoms with Crippen LogP contribution in [0.3, 0.4) is 0 Å². The Morgan fingerprint density at radius 3 is 2.71 bits per heavy atom. The summed E-state index contributed by atoms with van der Waals surface area (Å²) in [6.07, 6.45) is 8.77. The lowest BCUT2D eigenvalue weighted by Gasteiger charge is -2.44. The topological polar surface area (TPSA) is 40.5 Å². The van der Waals surface area contributed by atoms with Crippen LogP contribution in [0.1, 0.15) is 52.4 Å². The lowest BCUT2D eigenvalue weighted by atomic mass is 9.80. The molecule has 4 heteroatoms. The number of carbonyl (C=O) groups is 1. The van der Waals surface area contributed by atoms with E-state index in [4.69, 9.17) is 5.11 Å². The molecule has 0 aromatic heterocycles. The summed E-state index contributed by atoms with van der Waals surface area (Å²) in [5, 5.41) is 9.64. The average Bonchev–Trinajstić information content (AvgIpc) is 2.48. The molecule has 0 bridgehead atoms. The van der Waals surface area contributed by atoms with Gasteiger partial charge >= 0.3 is 5.97 Å². The molecule has 3 nitrogen and oxygen atoms in total. The minimum atomic E-state index is -0.785. The van der Waals surface area contributed by atoms with Crippen molar-refractivity contribution in [3.8, 4) is 0 Å². The number of piperidine rings is 1. The van der Waals surface area contributed by atoms with E-state index >= 15 is 0 Å². The van der Waals surface area contributed by atoms with Crippen LogP contribution in [-0.2, 0) is 4.79 Å². The molecule has 1 aliphatic carbocycles. The summed E-state index contributed by atoms with van der Waals surface area (Å²) in [5.41, 5.74) is 1.14. The quantitative estimate of drug-likeness (QED) is 0.784. The molecule has 0 aromatic carbocycles. The number of nitrogens with zero attached hydrogens (tertiary/aromatic N) is 1. The van der Waals surface area contributed by atoms with Gasteiger partial charge in [0.25, 0.3) is 0 Å². The van der Waals surface area contributed by atoms with Crippen molar-refractivity contribution in [2.24, 2.45) is 5.92 Å². The molecule has 1 heterocycles. The van der Waals surface area contributed by atoms with E-state index in [1.165, 1.54) is 50.6 Å². The van der Waals surface area contributed by atoms with Crippen molar-refractivity contribution >= 4 is 17.7 Å². The maximum Gasteiger partial charge on any atom is 0.328 e. The van der Waals surface area contributed by atoms with Crippen molar-refractivity contribution in [2.75, 3.05) is 18.8 Å². The fourth-order valence-corrected chi connectivity index (χ4v) is 5.02. The van der Waals surface area contributed by atoms with E-state index in [1.54, 1.807) is 0 Å². The van der Waals surface area contributed by atoms with Crippen LogP contribution in [0.5, 0.6) is 0 Å². The van der Waals surface area contributed by atoms with Gasteiger partial charge in [-0.15, -0.1) is 0 Å². The van der Waals surface area contributed by atoms with Gasteiger partial charge in [0, 0.05) is 17.4 Å². The van der Waals surface area contributed by atoms with Crippen LogP contribution in [0.4, 0.5) is 0 Å². The number of likely N-dealkylation sites (tertiary alicyclic amines) is 1. The van der Waals surface area contributed by atoms with E-state index < -0.39 is 5.97 Å². The summed E-state index contributed by atoms with van der Waals surface area (Å²) in [5.74, 6) is 0.808. The lowest BCUT2D eigenvalue weighted by molar-refractivity contribution is -0.131. The molecule has 1 aliphatic heterocycles. The Morgan fingerprint density at radius 2 is 2.10 bits per heavy atom. The Morgan fingerprint density at radius 1 is 1.38 bits per heavy atom. The molecule has 0 spiro atoms. The van der Waals surface area contributed by atoms with Gasteiger partial charge in [-0.25, -0.2) is 4.79 Å². The fraction of sp³-hybridized carbons (Fsp3) is 0.824. The summed E-state index contributed by atoms with van der Waals surface area (Å²) >= 11 is 2.06. The zero-order chi connectivity index (χ0) is 15.2. The van der Waals surface area contributed by atoms with Crippen molar-refractivity contribution in [3.63, 3.8) is 0 Å². The molecular weight excluding hydrogens is 282 g/mol. The van der Waals surface area contributed by atoms with Gasteiger partial charge in [0.05, 0.1) is 0 Å². The van der Waals surface area contributed by atoms with Crippen molar-refractivity contribution in [1.29, 1.82) is 0 Å². The van der Waals surface area contributed by atoms with Crippen LogP contribution in [-0.4, -0.2) is 46.1 Å². The van der Waals surface area contributed by atoms with E-state index in [0.717, 1.165) is 18.4 Å². The first kappa shape index (κ1) is 16.9. The Hall–Kier alpha value is -0.480. The Balaban J connectivity index is 2.09. The van der Waals surface area contributed by atoms with Gasteiger partial charge in [0.15, 0.2) is 0 Å². The highest BCUT2D eigenvalue weighted by Crippen LogP contribution is 2.39. The molecule has 2 rings (SSSR count). The van der Waals surface area contributed by atoms with E-state index in [9.17, 15) is 4.79 Å². The number of carboxylic acid groups (broad SMARTS) is 1. The van der Waals surface area contributed by atoms with Gasteiger partial charge in [-0.1, -0.05) is 25.8 Å². The molecule has 3 unspecified atom stereocenters. The second-order valence-electron chi connectivity index (χ2n) is 6.47. The maximum atomic E-state index is 11.0. The maximum absolute atomic E-state index is 11.0. The molecule has 2 fully saturated rings. The number of thioether (sulfide) groups is 1. The van der Waals surface area contributed by atoms with Gasteiger partial charge in [0.2, 0.25) is 0 Å². The minimum absolute atomic E-state index is 0.409. The average molecular weight is 311 g/mol. The SMILES string of the molecule is CCCSC1C/C(=C/C(=O)O)C(C)CC1N1CCCCC1. The number of hydrogen-bond donors (Lipinski definition) is 1. The third-order valence-electron chi connectivity index (χ3n) is 4.80. The first-order chi connectivity index (χ1) is 10.1. The first-order valence-corrected chi connectivity index (χ1v) is 9.45. The molecule has 120 valence electrons. The Kier molecular flexibility index (Phi) is 6.62. The number of rotatable bonds is 5. The van der Waals surface area contributed by atoms with Crippen molar-refractivity contribution in [1.82, 2.24) is 4.90 Å². The number of allylic oxidation sites excluding steroid dienone is 1. The lowest BCUT2D eigenvalue weighted by Crippen LogP contribution is -2.48.